The Bertz CT molecular complexity index is 453. The molecule has 2 rings (SSSR count). The molecule has 0 spiro atoms. The number of thioether (sulfide) groups is 1. The Labute approximate surface area is 92.7 Å². The first-order valence-electron chi connectivity index (χ1n) is 4.63. The lowest BCUT2D eigenvalue weighted by molar-refractivity contribution is 0.525. The van der Waals surface area contributed by atoms with E-state index in [9.17, 15) is 0 Å². The van der Waals surface area contributed by atoms with Crippen molar-refractivity contribution in [3.8, 4) is 0 Å². The van der Waals surface area contributed by atoms with E-state index in [0.717, 1.165) is 27.8 Å². The molecule has 3 nitrogen and oxygen atoms in total. The van der Waals surface area contributed by atoms with Crippen LogP contribution in [0.3, 0.4) is 0 Å². The lowest BCUT2D eigenvalue weighted by atomic mass is 10.3. The predicted octanol–water partition coefficient (Wildman–Crippen LogP) is 2.86. The van der Waals surface area contributed by atoms with Crippen LogP contribution in [0.4, 0.5) is 5.69 Å². The number of benzene rings is 1. The molecule has 2 aromatic rings. The van der Waals surface area contributed by atoms with Crippen molar-refractivity contribution < 1.29 is 4.42 Å². The Hall–Kier alpha value is -1.42. The quantitative estimate of drug-likeness (QED) is 0.638. The molecule has 0 amide bonds. The molecular formula is C11H12N2OS. The van der Waals surface area contributed by atoms with E-state index in [0.29, 0.717) is 0 Å². The molecule has 0 aliphatic carbocycles. The van der Waals surface area contributed by atoms with Crippen LogP contribution < -0.4 is 5.73 Å². The summed E-state index contributed by atoms with van der Waals surface area (Å²) >= 11 is 1.70. The summed E-state index contributed by atoms with van der Waals surface area (Å²) in [6, 6.07) is 7.83. The molecule has 0 atom stereocenters. The van der Waals surface area contributed by atoms with Crippen LogP contribution in [0.15, 0.2) is 40.0 Å². The van der Waals surface area contributed by atoms with Crippen LogP contribution in [0.5, 0.6) is 0 Å². The van der Waals surface area contributed by atoms with E-state index in [2.05, 4.69) is 4.98 Å². The van der Waals surface area contributed by atoms with Crippen molar-refractivity contribution >= 4 is 17.4 Å². The van der Waals surface area contributed by atoms with E-state index in [1.807, 2.05) is 31.2 Å². The number of nitrogens with two attached hydrogens (primary N) is 1. The van der Waals surface area contributed by atoms with E-state index < -0.39 is 0 Å². The van der Waals surface area contributed by atoms with Crippen molar-refractivity contribution in [2.24, 2.45) is 0 Å². The van der Waals surface area contributed by atoms with Crippen molar-refractivity contribution in [2.45, 2.75) is 17.6 Å². The molecule has 1 aromatic carbocycles. The van der Waals surface area contributed by atoms with Crippen molar-refractivity contribution in [1.82, 2.24) is 4.98 Å². The highest BCUT2D eigenvalue weighted by Crippen LogP contribution is 2.24. The molecule has 0 bridgehead atoms. The number of aromatic nitrogens is 1. The van der Waals surface area contributed by atoms with Crippen molar-refractivity contribution in [3.63, 3.8) is 0 Å². The highest BCUT2D eigenvalue weighted by atomic mass is 32.2. The molecule has 4 heteroatoms. The van der Waals surface area contributed by atoms with Crippen molar-refractivity contribution in [1.29, 1.82) is 0 Å². The SMILES string of the molecule is Cc1ocnc1CSc1cccc(N)c1. The molecule has 15 heavy (non-hydrogen) atoms. The van der Waals surface area contributed by atoms with Crippen LogP contribution in [0.1, 0.15) is 11.5 Å². The van der Waals surface area contributed by atoms with E-state index >= 15 is 0 Å². The second kappa shape index (κ2) is 4.40. The zero-order valence-electron chi connectivity index (χ0n) is 8.43. The summed E-state index contributed by atoms with van der Waals surface area (Å²) in [6.45, 7) is 1.92. The number of nitrogen functional groups attached to an aromatic ring is 1. The summed E-state index contributed by atoms with van der Waals surface area (Å²) in [5, 5.41) is 0. The van der Waals surface area contributed by atoms with Crippen molar-refractivity contribution in [2.75, 3.05) is 5.73 Å². The van der Waals surface area contributed by atoms with Gasteiger partial charge in [-0.15, -0.1) is 11.8 Å². The number of anilines is 1. The fourth-order valence-corrected chi connectivity index (χ4v) is 2.20. The Morgan fingerprint density at radius 2 is 2.33 bits per heavy atom. The molecule has 0 fully saturated rings. The van der Waals surface area contributed by atoms with E-state index in [-0.39, 0.29) is 0 Å². The highest BCUT2D eigenvalue weighted by molar-refractivity contribution is 7.98. The maximum atomic E-state index is 5.69. The van der Waals surface area contributed by atoms with Gasteiger partial charge in [0, 0.05) is 16.3 Å². The second-order valence-corrected chi connectivity index (χ2v) is 4.27. The lowest BCUT2D eigenvalue weighted by Crippen LogP contribution is -1.86. The smallest absolute Gasteiger partial charge is 0.181 e. The van der Waals surface area contributed by atoms with E-state index in [1.165, 1.54) is 6.39 Å². The van der Waals surface area contributed by atoms with Gasteiger partial charge in [0.2, 0.25) is 0 Å². The zero-order valence-corrected chi connectivity index (χ0v) is 9.25. The van der Waals surface area contributed by atoms with Crippen LogP contribution >= 0.6 is 11.8 Å². The van der Waals surface area contributed by atoms with Crippen LogP contribution in [0.25, 0.3) is 0 Å². The molecule has 2 N–H and O–H groups in total. The van der Waals surface area contributed by atoms with Gasteiger partial charge in [0.25, 0.3) is 0 Å². The van der Waals surface area contributed by atoms with Gasteiger partial charge in [0.1, 0.15) is 5.76 Å². The standard InChI is InChI=1S/C11H12N2OS/c1-8-11(13-7-14-8)6-15-10-4-2-3-9(12)5-10/h2-5,7H,6,12H2,1H3. The number of hydrogen-bond acceptors (Lipinski definition) is 4. The summed E-state index contributed by atoms with van der Waals surface area (Å²) in [4.78, 5) is 5.28. The molecule has 1 heterocycles. The maximum Gasteiger partial charge on any atom is 0.181 e. The number of hydrogen-bond donors (Lipinski definition) is 1. The van der Waals surface area contributed by atoms with Gasteiger partial charge in [-0.3, -0.25) is 0 Å². The van der Waals surface area contributed by atoms with Gasteiger partial charge in [-0.2, -0.15) is 0 Å². The lowest BCUT2D eigenvalue weighted by Gasteiger charge is -2.00. The fourth-order valence-electron chi connectivity index (χ4n) is 1.22. The van der Waals surface area contributed by atoms with Gasteiger partial charge in [-0.25, -0.2) is 4.98 Å². The molecule has 1 aromatic heterocycles. The summed E-state index contributed by atoms with van der Waals surface area (Å²) in [5.41, 5.74) is 7.47. The van der Waals surface area contributed by atoms with E-state index in [4.69, 9.17) is 10.2 Å². The van der Waals surface area contributed by atoms with Gasteiger partial charge in [-0.1, -0.05) is 6.07 Å². The first-order chi connectivity index (χ1) is 7.25. The van der Waals surface area contributed by atoms with E-state index in [1.54, 1.807) is 11.8 Å². The Balaban J connectivity index is 2.02. The van der Waals surface area contributed by atoms with Gasteiger partial charge in [0.05, 0.1) is 5.69 Å². The molecule has 0 saturated carbocycles. The Morgan fingerprint density at radius 1 is 1.47 bits per heavy atom. The largest absolute Gasteiger partial charge is 0.448 e. The first-order valence-corrected chi connectivity index (χ1v) is 5.61. The predicted molar refractivity (Wildman–Crippen MR) is 61.7 cm³/mol. The maximum absolute atomic E-state index is 5.69. The fraction of sp³-hybridized carbons (Fsp3) is 0.182. The molecule has 0 saturated heterocycles. The monoisotopic (exact) mass is 220 g/mol. The number of aryl methyl sites for hydroxylation is 1. The van der Waals surface area contributed by atoms with Gasteiger partial charge in [0.15, 0.2) is 6.39 Å². The Kier molecular flexibility index (Phi) is 2.97. The number of rotatable bonds is 3. The average Bonchev–Trinajstić information content (AvgIpc) is 2.61. The molecule has 0 aliphatic rings. The van der Waals surface area contributed by atoms with Crippen LogP contribution in [0.2, 0.25) is 0 Å². The third-order valence-corrected chi connectivity index (χ3v) is 3.08. The minimum atomic E-state index is 0.789. The third kappa shape index (κ3) is 2.53. The minimum Gasteiger partial charge on any atom is -0.448 e. The topological polar surface area (TPSA) is 52.0 Å². The van der Waals surface area contributed by atoms with Crippen molar-refractivity contribution in [3.05, 3.63) is 42.1 Å². The summed E-state index contributed by atoms with van der Waals surface area (Å²) in [7, 11) is 0. The average molecular weight is 220 g/mol. The second-order valence-electron chi connectivity index (χ2n) is 3.22. The zero-order chi connectivity index (χ0) is 10.7. The third-order valence-electron chi connectivity index (χ3n) is 2.08. The first kappa shape index (κ1) is 10.1. The van der Waals surface area contributed by atoms with Gasteiger partial charge >= 0.3 is 0 Å². The summed E-state index contributed by atoms with van der Waals surface area (Å²) in [5.74, 6) is 1.69. The number of nitrogens with zero attached hydrogens (tertiary/aromatic N) is 1. The van der Waals surface area contributed by atoms with Crippen LogP contribution in [-0.4, -0.2) is 4.98 Å². The molecule has 78 valence electrons. The molecule has 0 aliphatic heterocycles. The highest BCUT2D eigenvalue weighted by Gasteiger charge is 2.03. The molecular weight excluding hydrogens is 208 g/mol. The minimum absolute atomic E-state index is 0.789. The summed E-state index contributed by atoms with van der Waals surface area (Å²) in [6.07, 6.45) is 1.48. The Morgan fingerprint density at radius 3 is 3.00 bits per heavy atom. The van der Waals surface area contributed by atoms with Gasteiger partial charge < -0.3 is 10.2 Å². The van der Waals surface area contributed by atoms with Crippen LogP contribution in [-0.2, 0) is 5.75 Å². The number of oxazole rings is 1. The molecule has 0 unspecified atom stereocenters. The van der Waals surface area contributed by atoms with Crippen LogP contribution in [0, 0.1) is 6.92 Å². The summed E-state index contributed by atoms with van der Waals surface area (Å²) < 4.78 is 5.13. The van der Waals surface area contributed by atoms with Gasteiger partial charge in [-0.05, 0) is 25.1 Å². The molecule has 0 radical (unpaired) electrons. The normalized spacial score (nSPS) is 10.5.